The average molecular weight is 251 g/mol. The number of rotatable bonds is 3. The molecule has 1 aromatic rings. The third-order valence-electron chi connectivity index (χ3n) is 3.15. The van der Waals surface area contributed by atoms with Gasteiger partial charge in [0.15, 0.2) is 5.82 Å². The van der Waals surface area contributed by atoms with E-state index in [4.69, 9.17) is 15.6 Å². The molecule has 0 aromatic carbocycles. The number of nitrogen functional groups attached to an aromatic ring is 1. The molecule has 1 saturated heterocycles. The van der Waals surface area contributed by atoms with Crippen LogP contribution in [0.5, 0.6) is 0 Å². The number of aromatic carboxylic acids is 1. The third-order valence-corrected chi connectivity index (χ3v) is 3.15. The van der Waals surface area contributed by atoms with E-state index in [1.54, 1.807) is 7.11 Å². The van der Waals surface area contributed by atoms with Gasteiger partial charge in [-0.05, 0) is 18.9 Å². The number of nitrogens with zero attached hydrogens (tertiary/aromatic N) is 2. The van der Waals surface area contributed by atoms with E-state index in [-0.39, 0.29) is 11.7 Å². The normalized spacial score (nSPS) is 19.8. The van der Waals surface area contributed by atoms with Gasteiger partial charge in [-0.25, -0.2) is 9.78 Å². The lowest BCUT2D eigenvalue weighted by atomic mass is 10.1. The topological polar surface area (TPSA) is 88.7 Å². The number of nitrogens with two attached hydrogens (primary N) is 1. The summed E-state index contributed by atoms with van der Waals surface area (Å²) in [4.78, 5) is 17.0. The van der Waals surface area contributed by atoms with Gasteiger partial charge < -0.3 is 20.5 Å². The van der Waals surface area contributed by atoms with Crippen LogP contribution in [0.4, 0.5) is 11.5 Å². The maximum atomic E-state index is 10.8. The van der Waals surface area contributed by atoms with Crippen molar-refractivity contribution in [2.24, 2.45) is 0 Å². The van der Waals surface area contributed by atoms with Crippen LogP contribution in [0.3, 0.4) is 0 Å². The molecule has 0 aliphatic carbocycles. The van der Waals surface area contributed by atoms with Crippen LogP contribution in [0.1, 0.15) is 23.2 Å². The Morgan fingerprint density at radius 1 is 1.67 bits per heavy atom. The molecule has 0 amide bonds. The highest BCUT2D eigenvalue weighted by Gasteiger charge is 2.22. The van der Waals surface area contributed by atoms with Gasteiger partial charge in [0.05, 0.1) is 17.4 Å². The van der Waals surface area contributed by atoms with Gasteiger partial charge in [-0.1, -0.05) is 0 Å². The first-order chi connectivity index (χ1) is 8.61. The molecule has 2 heterocycles. The molecule has 98 valence electrons. The number of carbonyl (C=O) groups is 1. The standard InChI is InChI=1S/C12H17N3O3/c1-18-9-3-2-4-15(7-9)11-10(13)5-8(6-14-11)12(16)17/h5-6,9H,2-4,7,13H2,1H3,(H,16,17). The maximum Gasteiger partial charge on any atom is 0.337 e. The van der Waals surface area contributed by atoms with Crippen molar-refractivity contribution in [1.82, 2.24) is 4.98 Å². The van der Waals surface area contributed by atoms with Crippen LogP contribution in [-0.2, 0) is 4.74 Å². The van der Waals surface area contributed by atoms with Crippen molar-refractivity contribution in [2.45, 2.75) is 18.9 Å². The Morgan fingerprint density at radius 2 is 2.44 bits per heavy atom. The second-order valence-corrected chi connectivity index (χ2v) is 4.39. The van der Waals surface area contributed by atoms with Crippen molar-refractivity contribution in [2.75, 3.05) is 30.8 Å². The summed E-state index contributed by atoms with van der Waals surface area (Å²) in [5.74, 6) is -0.379. The number of pyridine rings is 1. The van der Waals surface area contributed by atoms with Gasteiger partial charge in [0.2, 0.25) is 0 Å². The van der Waals surface area contributed by atoms with Crippen LogP contribution < -0.4 is 10.6 Å². The predicted molar refractivity (Wildman–Crippen MR) is 67.9 cm³/mol. The van der Waals surface area contributed by atoms with Crippen molar-refractivity contribution in [3.63, 3.8) is 0 Å². The second-order valence-electron chi connectivity index (χ2n) is 4.39. The number of hydrogen-bond acceptors (Lipinski definition) is 5. The molecule has 18 heavy (non-hydrogen) atoms. The van der Waals surface area contributed by atoms with Gasteiger partial charge in [0.1, 0.15) is 0 Å². The van der Waals surface area contributed by atoms with Crippen LogP contribution in [0.2, 0.25) is 0 Å². The molecule has 2 rings (SSSR count). The number of carboxylic acids is 1. The van der Waals surface area contributed by atoms with Gasteiger partial charge in [-0.15, -0.1) is 0 Å². The third kappa shape index (κ3) is 2.53. The minimum absolute atomic E-state index is 0.108. The fraction of sp³-hybridized carbons (Fsp3) is 0.500. The van der Waals surface area contributed by atoms with E-state index in [0.29, 0.717) is 11.5 Å². The largest absolute Gasteiger partial charge is 0.478 e. The van der Waals surface area contributed by atoms with Crippen molar-refractivity contribution in [1.29, 1.82) is 0 Å². The molecule has 1 aliphatic heterocycles. The zero-order chi connectivity index (χ0) is 13.1. The van der Waals surface area contributed by atoms with Crippen LogP contribution >= 0.6 is 0 Å². The summed E-state index contributed by atoms with van der Waals surface area (Å²) >= 11 is 0. The van der Waals surface area contributed by atoms with Crippen molar-refractivity contribution >= 4 is 17.5 Å². The molecule has 1 unspecified atom stereocenters. The summed E-state index contributed by atoms with van der Waals surface area (Å²) in [6, 6.07) is 1.45. The van der Waals surface area contributed by atoms with E-state index < -0.39 is 5.97 Å². The highest BCUT2D eigenvalue weighted by molar-refractivity contribution is 5.89. The van der Waals surface area contributed by atoms with Crippen LogP contribution in [-0.4, -0.2) is 42.4 Å². The minimum atomic E-state index is -1.02. The average Bonchev–Trinajstić information content (AvgIpc) is 2.38. The SMILES string of the molecule is COC1CCCN(c2ncc(C(=O)O)cc2N)C1. The number of ether oxygens (including phenoxy) is 1. The monoisotopic (exact) mass is 251 g/mol. The van der Waals surface area contributed by atoms with E-state index in [1.807, 2.05) is 4.90 Å². The molecule has 0 bridgehead atoms. The summed E-state index contributed by atoms with van der Waals surface area (Å²) in [5, 5.41) is 8.86. The fourth-order valence-electron chi connectivity index (χ4n) is 2.18. The number of anilines is 2. The fourth-order valence-corrected chi connectivity index (χ4v) is 2.18. The summed E-state index contributed by atoms with van der Waals surface area (Å²) in [6.45, 7) is 1.60. The minimum Gasteiger partial charge on any atom is -0.478 e. The van der Waals surface area contributed by atoms with Crippen molar-refractivity contribution in [3.05, 3.63) is 17.8 Å². The molecule has 6 heteroatoms. The quantitative estimate of drug-likeness (QED) is 0.832. The van der Waals surface area contributed by atoms with E-state index in [0.717, 1.165) is 25.9 Å². The number of aromatic nitrogens is 1. The van der Waals surface area contributed by atoms with E-state index in [9.17, 15) is 4.79 Å². The highest BCUT2D eigenvalue weighted by atomic mass is 16.5. The summed E-state index contributed by atoms with van der Waals surface area (Å²) in [6.07, 6.45) is 3.56. The Hall–Kier alpha value is -1.82. The van der Waals surface area contributed by atoms with E-state index in [1.165, 1.54) is 12.3 Å². The molecule has 0 radical (unpaired) electrons. The molecule has 1 aliphatic rings. The Morgan fingerprint density at radius 3 is 3.06 bits per heavy atom. The molecule has 3 N–H and O–H groups in total. The molecule has 1 atom stereocenters. The number of methoxy groups -OCH3 is 1. The van der Waals surface area contributed by atoms with Gasteiger partial charge in [0.25, 0.3) is 0 Å². The number of hydrogen-bond donors (Lipinski definition) is 2. The molecular formula is C12H17N3O3. The lowest BCUT2D eigenvalue weighted by molar-refractivity contribution is 0.0696. The first-order valence-electron chi connectivity index (χ1n) is 5.88. The Labute approximate surface area is 105 Å². The van der Waals surface area contributed by atoms with Gasteiger partial charge in [0, 0.05) is 26.4 Å². The van der Waals surface area contributed by atoms with Crippen LogP contribution in [0.15, 0.2) is 12.3 Å². The maximum absolute atomic E-state index is 10.8. The zero-order valence-electron chi connectivity index (χ0n) is 10.3. The molecular weight excluding hydrogens is 234 g/mol. The summed E-state index contributed by atoms with van der Waals surface area (Å²) in [5.41, 5.74) is 6.37. The predicted octanol–water partition coefficient (Wildman–Crippen LogP) is 0.977. The van der Waals surface area contributed by atoms with Gasteiger partial charge >= 0.3 is 5.97 Å². The number of carboxylic acid groups (broad SMARTS) is 1. The van der Waals surface area contributed by atoms with E-state index in [2.05, 4.69) is 4.98 Å². The first-order valence-corrected chi connectivity index (χ1v) is 5.88. The second kappa shape index (κ2) is 5.22. The molecule has 6 nitrogen and oxygen atoms in total. The molecule has 0 saturated carbocycles. The van der Waals surface area contributed by atoms with E-state index >= 15 is 0 Å². The Balaban J connectivity index is 2.20. The van der Waals surface area contributed by atoms with Crippen molar-refractivity contribution < 1.29 is 14.6 Å². The molecule has 0 spiro atoms. The van der Waals surface area contributed by atoms with Crippen molar-refractivity contribution in [3.8, 4) is 0 Å². The Bertz CT molecular complexity index is 450. The van der Waals surface area contributed by atoms with Gasteiger partial charge in [-0.3, -0.25) is 0 Å². The molecule has 1 fully saturated rings. The van der Waals surface area contributed by atoms with Crippen LogP contribution in [0, 0.1) is 0 Å². The first kappa shape index (κ1) is 12.6. The highest BCUT2D eigenvalue weighted by Crippen LogP contribution is 2.25. The molecule has 1 aromatic heterocycles. The lowest BCUT2D eigenvalue weighted by Gasteiger charge is -2.33. The Kier molecular flexibility index (Phi) is 3.66. The van der Waals surface area contributed by atoms with Crippen LogP contribution in [0.25, 0.3) is 0 Å². The zero-order valence-corrected chi connectivity index (χ0v) is 10.3. The smallest absolute Gasteiger partial charge is 0.337 e. The van der Waals surface area contributed by atoms with Gasteiger partial charge in [-0.2, -0.15) is 0 Å². The number of piperidine rings is 1. The summed E-state index contributed by atoms with van der Waals surface area (Å²) < 4.78 is 5.34. The summed E-state index contributed by atoms with van der Waals surface area (Å²) in [7, 11) is 1.69. The lowest BCUT2D eigenvalue weighted by Crippen LogP contribution is -2.40.